The van der Waals surface area contributed by atoms with Crippen molar-refractivity contribution in [3.63, 3.8) is 0 Å². The van der Waals surface area contributed by atoms with Gasteiger partial charge in [-0.1, -0.05) is 35.3 Å². The van der Waals surface area contributed by atoms with Gasteiger partial charge >= 0.3 is 0 Å². The molecule has 0 atom stereocenters. The Balaban J connectivity index is 2.53. The van der Waals surface area contributed by atoms with Crippen molar-refractivity contribution in [2.75, 3.05) is 0 Å². The van der Waals surface area contributed by atoms with Gasteiger partial charge in [-0.15, -0.1) is 0 Å². The van der Waals surface area contributed by atoms with Crippen LogP contribution in [0.25, 0.3) is 11.1 Å². The summed E-state index contributed by atoms with van der Waals surface area (Å²) in [5, 5.41) is 1.35. The largest absolute Gasteiger partial charge is 0.326 e. The minimum atomic E-state index is 0.464. The van der Waals surface area contributed by atoms with E-state index in [9.17, 15) is 0 Å². The lowest BCUT2D eigenvalue weighted by atomic mass is 10.0. The molecule has 2 aromatic carbocycles. The lowest BCUT2D eigenvalue weighted by Crippen LogP contribution is -1.96. The van der Waals surface area contributed by atoms with Crippen molar-refractivity contribution in [2.45, 2.75) is 6.54 Å². The number of hydrogen-bond donors (Lipinski definition) is 1. The molecule has 81 valence electrons. The van der Waals surface area contributed by atoms with E-state index in [-0.39, 0.29) is 0 Å². The number of nitrogens with two attached hydrogens (primary N) is 1. The molecule has 0 spiro atoms. The Hall–Kier alpha value is -1.02. The number of hydrogen-bond acceptors (Lipinski definition) is 1. The number of benzene rings is 2. The molecule has 0 bridgehead atoms. The zero-order valence-electron chi connectivity index (χ0n) is 8.50. The highest BCUT2D eigenvalue weighted by Crippen LogP contribution is 2.30. The molecule has 0 amide bonds. The fourth-order valence-corrected chi connectivity index (χ4v) is 1.92. The van der Waals surface area contributed by atoms with Gasteiger partial charge in [0, 0.05) is 22.2 Å². The van der Waals surface area contributed by atoms with Crippen molar-refractivity contribution in [3.05, 3.63) is 58.1 Å². The van der Waals surface area contributed by atoms with Gasteiger partial charge < -0.3 is 5.73 Å². The topological polar surface area (TPSA) is 26.0 Å². The van der Waals surface area contributed by atoms with Crippen molar-refractivity contribution in [2.24, 2.45) is 5.73 Å². The van der Waals surface area contributed by atoms with Gasteiger partial charge in [-0.05, 0) is 41.5 Å². The van der Waals surface area contributed by atoms with Crippen LogP contribution in [0.2, 0.25) is 10.0 Å². The second kappa shape index (κ2) is 4.88. The third-order valence-electron chi connectivity index (χ3n) is 2.32. The summed E-state index contributed by atoms with van der Waals surface area (Å²) in [4.78, 5) is 0. The molecular formula is C13H10Cl2N. The summed E-state index contributed by atoms with van der Waals surface area (Å²) in [6.45, 7) is 0.464. The highest BCUT2D eigenvalue weighted by Gasteiger charge is 2.04. The van der Waals surface area contributed by atoms with Gasteiger partial charge in [0.1, 0.15) is 0 Å². The predicted octanol–water partition coefficient (Wildman–Crippen LogP) is 3.92. The minimum absolute atomic E-state index is 0.464. The molecule has 0 aliphatic heterocycles. The maximum absolute atomic E-state index is 6.13. The summed E-state index contributed by atoms with van der Waals surface area (Å²) in [6, 6.07) is 14.2. The molecule has 0 aliphatic rings. The third-order valence-corrected chi connectivity index (χ3v) is 2.89. The van der Waals surface area contributed by atoms with E-state index in [0.29, 0.717) is 16.6 Å². The highest BCUT2D eigenvalue weighted by atomic mass is 35.5. The molecule has 0 aliphatic carbocycles. The van der Waals surface area contributed by atoms with Crippen LogP contribution in [0.5, 0.6) is 0 Å². The molecule has 0 fully saturated rings. The maximum Gasteiger partial charge on any atom is 0.0485 e. The average Bonchev–Trinajstić information content (AvgIpc) is 2.32. The molecule has 0 saturated carbocycles. The van der Waals surface area contributed by atoms with Crippen LogP contribution in [0.4, 0.5) is 0 Å². The summed E-state index contributed by atoms with van der Waals surface area (Å²) in [7, 11) is 0. The van der Waals surface area contributed by atoms with Crippen molar-refractivity contribution in [1.82, 2.24) is 0 Å². The molecule has 0 heterocycles. The zero-order chi connectivity index (χ0) is 11.5. The van der Waals surface area contributed by atoms with Crippen LogP contribution in [-0.2, 0) is 6.54 Å². The lowest BCUT2D eigenvalue weighted by molar-refractivity contribution is 1.07. The number of rotatable bonds is 2. The van der Waals surface area contributed by atoms with E-state index < -0.39 is 0 Å². The SMILES string of the molecule is NCc1[c]ccc(-c2cc(Cl)ccc2Cl)c1. The molecule has 2 N–H and O–H groups in total. The minimum Gasteiger partial charge on any atom is -0.326 e. The molecule has 1 radical (unpaired) electrons. The summed E-state index contributed by atoms with van der Waals surface area (Å²) >= 11 is 12.1. The third kappa shape index (κ3) is 2.38. The molecule has 3 heteroatoms. The summed E-state index contributed by atoms with van der Waals surface area (Å²) in [5.41, 5.74) is 8.45. The normalized spacial score (nSPS) is 10.4. The van der Waals surface area contributed by atoms with E-state index in [1.165, 1.54) is 0 Å². The predicted molar refractivity (Wildman–Crippen MR) is 68.6 cm³/mol. The second-order valence-electron chi connectivity index (χ2n) is 3.43. The Morgan fingerprint density at radius 2 is 1.94 bits per heavy atom. The fraction of sp³-hybridized carbons (Fsp3) is 0.0769. The Morgan fingerprint density at radius 3 is 2.69 bits per heavy atom. The summed E-state index contributed by atoms with van der Waals surface area (Å²) in [5.74, 6) is 0. The summed E-state index contributed by atoms with van der Waals surface area (Å²) in [6.07, 6.45) is 0. The van der Waals surface area contributed by atoms with E-state index in [0.717, 1.165) is 16.7 Å². The van der Waals surface area contributed by atoms with Crippen LogP contribution < -0.4 is 5.73 Å². The molecule has 16 heavy (non-hydrogen) atoms. The van der Waals surface area contributed by atoms with Gasteiger partial charge in [0.05, 0.1) is 0 Å². The monoisotopic (exact) mass is 250 g/mol. The van der Waals surface area contributed by atoms with Gasteiger partial charge in [0.2, 0.25) is 0 Å². The average molecular weight is 251 g/mol. The number of halogens is 2. The van der Waals surface area contributed by atoms with Crippen molar-refractivity contribution >= 4 is 23.2 Å². The van der Waals surface area contributed by atoms with Gasteiger partial charge in [-0.25, -0.2) is 0 Å². The van der Waals surface area contributed by atoms with Crippen LogP contribution >= 0.6 is 23.2 Å². The van der Waals surface area contributed by atoms with Gasteiger partial charge in [0.15, 0.2) is 0 Å². The van der Waals surface area contributed by atoms with Gasteiger partial charge in [-0.2, -0.15) is 0 Å². The van der Waals surface area contributed by atoms with Crippen molar-refractivity contribution in [1.29, 1.82) is 0 Å². The van der Waals surface area contributed by atoms with Crippen LogP contribution in [0.1, 0.15) is 5.56 Å². The zero-order valence-corrected chi connectivity index (χ0v) is 10.0. The van der Waals surface area contributed by atoms with E-state index in [1.54, 1.807) is 12.1 Å². The molecule has 0 unspecified atom stereocenters. The quantitative estimate of drug-likeness (QED) is 0.860. The van der Waals surface area contributed by atoms with E-state index in [2.05, 4.69) is 6.07 Å². The second-order valence-corrected chi connectivity index (χ2v) is 4.27. The van der Waals surface area contributed by atoms with Gasteiger partial charge in [0.25, 0.3) is 0 Å². The fourth-order valence-electron chi connectivity index (χ4n) is 1.52. The van der Waals surface area contributed by atoms with Gasteiger partial charge in [-0.3, -0.25) is 0 Å². The Morgan fingerprint density at radius 1 is 1.12 bits per heavy atom. The van der Waals surface area contributed by atoms with E-state index >= 15 is 0 Å². The van der Waals surface area contributed by atoms with Crippen LogP contribution in [-0.4, -0.2) is 0 Å². The molecule has 0 saturated heterocycles. The molecule has 2 rings (SSSR count). The van der Waals surface area contributed by atoms with Crippen LogP contribution in [0.15, 0.2) is 36.4 Å². The molecular weight excluding hydrogens is 241 g/mol. The van der Waals surface area contributed by atoms with E-state index in [4.69, 9.17) is 28.9 Å². The lowest BCUT2D eigenvalue weighted by Gasteiger charge is -2.06. The molecule has 0 aromatic heterocycles. The molecule has 1 nitrogen and oxygen atoms in total. The first kappa shape index (κ1) is 11.5. The van der Waals surface area contributed by atoms with Crippen molar-refractivity contribution in [3.8, 4) is 11.1 Å². The highest BCUT2D eigenvalue weighted by molar-refractivity contribution is 6.35. The Kier molecular flexibility index (Phi) is 3.49. The summed E-state index contributed by atoms with van der Waals surface area (Å²) < 4.78 is 0. The van der Waals surface area contributed by atoms with Crippen LogP contribution in [0.3, 0.4) is 0 Å². The molecule has 2 aromatic rings. The smallest absolute Gasteiger partial charge is 0.0485 e. The first-order chi connectivity index (χ1) is 7.70. The van der Waals surface area contributed by atoms with E-state index in [1.807, 2.05) is 24.3 Å². The first-order valence-electron chi connectivity index (χ1n) is 4.87. The Labute approximate surface area is 105 Å². The maximum atomic E-state index is 6.13. The van der Waals surface area contributed by atoms with Crippen LogP contribution in [0, 0.1) is 6.07 Å². The Bertz CT molecular complexity index is 509. The van der Waals surface area contributed by atoms with Crippen molar-refractivity contribution < 1.29 is 0 Å². The standard InChI is InChI=1S/C13H10Cl2N/c14-11-4-5-13(15)12(7-11)10-3-1-2-9(6-10)8-16/h1,3-7H,8,16H2. The first-order valence-corrected chi connectivity index (χ1v) is 5.62.